The Labute approximate surface area is 154 Å². The number of aliphatic hydroxyl groups excluding tert-OH is 1. The highest BCUT2D eigenvalue weighted by Crippen LogP contribution is 2.44. The van der Waals surface area contributed by atoms with E-state index >= 15 is 0 Å². The standard InChI is InChI=1S/C22H25NO3/c1-16(24)9-3-2-8-14-23-22(25)26-15-21-19-12-6-4-10-17(19)18-11-5-7-13-20(18)21/h4-7,10-13,21,24H,1-3,8-9,14-15H2,(H,23,25). The van der Waals surface area contributed by atoms with Crippen molar-refractivity contribution in [1.29, 1.82) is 0 Å². The Morgan fingerprint density at radius 3 is 2.23 bits per heavy atom. The molecule has 0 spiro atoms. The Morgan fingerprint density at radius 1 is 1.00 bits per heavy atom. The summed E-state index contributed by atoms with van der Waals surface area (Å²) in [4.78, 5) is 12.0. The van der Waals surface area contributed by atoms with Crippen LogP contribution in [0.4, 0.5) is 4.79 Å². The number of amides is 1. The molecule has 4 nitrogen and oxygen atoms in total. The summed E-state index contributed by atoms with van der Waals surface area (Å²) in [5.74, 6) is 0.304. The maximum Gasteiger partial charge on any atom is 0.407 e. The van der Waals surface area contributed by atoms with E-state index in [4.69, 9.17) is 9.84 Å². The van der Waals surface area contributed by atoms with Gasteiger partial charge in [-0.05, 0) is 35.1 Å². The largest absolute Gasteiger partial charge is 0.513 e. The molecule has 2 N–H and O–H groups in total. The van der Waals surface area contributed by atoms with Gasteiger partial charge in [-0.25, -0.2) is 4.79 Å². The van der Waals surface area contributed by atoms with Gasteiger partial charge < -0.3 is 15.2 Å². The summed E-state index contributed by atoms with van der Waals surface area (Å²) in [6.07, 6.45) is 2.91. The molecule has 0 saturated heterocycles. The van der Waals surface area contributed by atoms with Gasteiger partial charge in [-0.1, -0.05) is 61.5 Å². The molecule has 0 aliphatic heterocycles. The molecule has 0 heterocycles. The Morgan fingerprint density at radius 2 is 1.62 bits per heavy atom. The normalized spacial score (nSPS) is 12.3. The van der Waals surface area contributed by atoms with Crippen molar-refractivity contribution in [2.45, 2.75) is 31.6 Å². The summed E-state index contributed by atoms with van der Waals surface area (Å²) in [6.45, 7) is 4.38. The van der Waals surface area contributed by atoms with Crippen LogP contribution in [-0.4, -0.2) is 24.4 Å². The molecule has 0 aromatic heterocycles. The fourth-order valence-electron chi connectivity index (χ4n) is 3.47. The third-order valence-corrected chi connectivity index (χ3v) is 4.76. The fourth-order valence-corrected chi connectivity index (χ4v) is 3.47. The van der Waals surface area contributed by atoms with Crippen LogP contribution >= 0.6 is 0 Å². The third-order valence-electron chi connectivity index (χ3n) is 4.76. The Kier molecular flexibility index (Phi) is 5.95. The van der Waals surface area contributed by atoms with Gasteiger partial charge in [0, 0.05) is 18.9 Å². The molecular weight excluding hydrogens is 326 g/mol. The lowest BCUT2D eigenvalue weighted by Crippen LogP contribution is -2.27. The Balaban J connectivity index is 1.49. The molecule has 1 amide bonds. The van der Waals surface area contributed by atoms with E-state index in [1.807, 2.05) is 24.3 Å². The molecule has 136 valence electrons. The van der Waals surface area contributed by atoms with E-state index in [0.717, 1.165) is 19.3 Å². The predicted molar refractivity (Wildman–Crippen MR) is 103 cm³/mol. The number of rotatable bonds is 8. The number of fused-ring (bicyclic) bond motifs is 3. The van der Waals surface area contributed by atoms with E-state index in [2.05, 4.69) is 36.2 Å². The first-order valence-electron chi connectivity index (χ1n) is 9.12. The molecule has 1 aliphatic rings. The van der Waals surface area contributed by atoms with Gasteiger partial charge in [-0.15, -0.1) is 0 Å². The number of allylic oxidation sites excluding steroid dienone is 1. The second-order valence-corrected chi connectivity index (χ2v) is 6.63. The van der Waals surface area contributed by atoms with Crippen molar-refractivity contribution in [2.75, 3.05) is 13.2 Å². The van der Waals surface area contributed by atoms with Gasteiger partial charge in [-0.3, -0.25) is 0 Å². The average molecular weight is 351 g/mol. The van der Waals surface area contributed by atoms with E-state index in [1.54, 1.807) is 0 Å². The van der Waals surface area contributed by atoms with Crippen LogP contribution in [0.5, 0.6) is 0 Å². The van der Waals surface area contributed by atoms with Crippen LogP contribution in [0, 0.1) is 0 Å². The topological polar surface area (TPSA) is 58.6 Å². The van der Waals surface area contributed by atoms with Gasteiger partial charge in [0.1, 0.15) is 6.61 Å². The molecule has 1 aliphatic carbocycles. The van der Waals surface area contributed by atoms with E-state index in [1.165, 1.54) is 22.3 Å². The lowest BCUT2D eigenvalue weighted by atomic mass is 9.98. The summed E-state index contributed by atoms with van der Waals surface area (Å²) in [6, 6.07) is 16.6. The maximum atomic E-state index is 12.0. The zero-order valence-electron chi connectivity index (χ0n) is 14.9. The van der Waals surface area contributed by atoms with Gasteiger partial charge in [0.15, 0.2) is 0 Å². The van der Waals surface area contributed by atoms with Crippen LogP contribution in [-0.2, 0) is 4.74 Å². The van der Waals surface area contributed by atoms with Crippen molar-refractivity contribution < 1.29 is 14.6 Å². The quantitative estimate of drug-likeness (QED) is 0.510. The summed E-state index contributed by atoms with van der Waals surface area (Å²) in [5, 5.41) is 11.8. The van der Waals surface area contributed by atoms with E-state index in [-0.39, 0.29) is 17.8 Å². The molecule has 0 fully saturated rings. The lowest BCUT2D eigenvalue weighted by molar-refractivity contribution is 0.143. The highest BCUT2D eigenvalue weighted by molar-refractivity contribution is 5.79. The van der Waals surface area contributed by atoms with Gasteiger partial charge in [-0.2, -0.15) is 0 Å². The molecule has 0 saturated carbocycles. The minimum atomic E-state index is -0.376. The molecule has 3 rings (SSSR count). The van der Waals surface area contributed by atoms with Gasteiger partial charge >= 0.3 is 6.09 Å². The molecule has 26 heavy (non-hydrogen) atoms. The first-order valence-corrected chi connectivity index (χ1v) is 9.12. The van der Waals surface area contributed by atoms with Crippen molar-refractivity contribution in [3.63, 3.8) is 0 Å². The first-order chi connectivity index (χ1) is 12.7. The molecule has 2 aromatic rings. The third kappa shape index (κ3) is 4.26. The molecule has 0 atom stereocenters. The minimum absolute atomic E-state index is 0.0868. The Hall–Kier alpha value is -2.75. The van der Waals surface area contributed by atoms with Crippen molar-refractivity contribution in [3.05, 3.63) is 72.0 Å². The fraction of sp³-hybridized carbons (Fsp3) is 0.318. The smallest absolute Gasteiger partial charge is 0.407 e. The lowest BCUT2D eigenvalue weighted by Gasteiger charge is -2.14. The minimum Gasteiger partial charge on any atom is -0.513 e. The number of alkyl carbamates (subject to hydrolysis) is 1. The van der Waals surface area contributed by atoms with Crippen LogP contribution in [0.3, 0.4) is 0 Å². The van der Waals surface area contributed by atoms with Crippen LogP contribution < -0.4 is 5.32 Å². The molecule has 2 aromatic carbocycles. The summed E-state index contributed by atoms with van der Waals surface area (Å²) in [7, 11) is 0. The van der Waals surface area contributed by atoms with Crippen LogP contribution in [0.25, 0.3) is 11.1 Å². The van der Waals surface area contributed by atoms with Gasteiger partial charge in [0.25, 0.3) is 0 Å². The molecular formula is C22H25NO3. The zero-order chi connectivity index (χ0) is 18.4. The maximum absolute atomic E-state index is 12.0. The first kappa shape index (κ1) is 18.1. The Bertz CT molecular complexity index is 739. The van der Waals surface area contributed by atoms with Gasteiger partial charge in [0.05, 0.1) is 5.76 Å². The summed E-state index contributed by atoms with van der Waals surface area (Å²) < 4.78 is 5.48. The van der Waals surface area contributed by atoms with Crippen LogP contribution in [0.1, 0.15) is 42.7 Å². The zero-order valence-corrected chi connectivity index (χ0v) is 14.9. The van der Waals surface area contributed by atoms with E-state index in [9.17, 15) is 4.79 Å². The SMILES string of the molecule is C=C(O)CCCCCNC(=O)OCC1c2ccccc2-c2ccccc21. The molecule has 0 bridgehead atoms. The number of carbonyl (C=O) groups is 1. The number of hydrogen-bond donors (Lipinski definition) is 2. The number of unbranched alkanes of at least 4 members (excludes halogenated alkanes) is 2. The molecule has 0 radical (unpaired) electrons. The number of carbonyl (C=O) groups excluding carboxylic acids is 1. The number of benzene rings is 2. The highest BCUT2D eigenvalue weighted by Gasteiger charge is 2.28. The van der Waals surface area contributed by atoms with Crippen molar-refractivity contribution in [2.24, 2.45) is 0 Å². The summed E-state index contributed by atoms with van der Waals surface area (Å²) >= 11 is 0. The molecule has 4 heteroatoms. The molecule has 0 unspecified atom stereocenters. The number of ether oxygens (including phenoxy) is 1. The number of aliphatic hydroxyl groups is 1. The van der Waals surface area contributed by atoms with Crippen LogP contribution in [0.2, 0.25) is 0 Å². The average Bonchev–Trinajstić information content (AvgIpc) is 2.96. The monoisotopic (exact) mass is 351 g/mol. The number of nitrogens with one attached hydrogen (secondary N) is 1. The second kappa shape index (κ2) is 8.56. The van der Waals surface area contributed by atoms with Gasteiger partial charge in [0.2, 0.25) is 0 Å². The van der Waals surface area contributed by atoms with Crippen molar-refractivity contribution >= 4 is 6.09 Å². The predicted octanol–water partition coefficient (Wildman–Crippen LogP) is 5.16. The van der Waals surface area contributed by atoms with E-state index < -0.39 is 0 Å². The van der Waals surface area contributed by atoms with Crippen molar-refractivity contribution in [3.8, 4) is 11.1 Å². The van der Waals surface area contributed by atoms with Crippen molar-refractivity contribution in [1.82, 2.24) is 5.32 Å². The number of hydrogen-bond acceptors (Lipinski definition) is 3. The highest BCUT2D eigenvalue weighted by atomic mass is 16.5. The second-order valence-electron chi connectivity index (χ2n) is 6.63. The van der Waals surface area contributed by atoms with E-state index in [0.29, 0.717) is 19.6 Å². The summed E-state index contributed by atoms with van der Waals surface area (Å²) in [5.41, 5.74) is 4.88. The van der Waals surface area contributed by atoms with Crippen LogP contribution in [0.15, 0.2) is 60.9 Å².